The van der Waals surface area contributed by atoms with Gasteiger partial charge in [-0.2, -0.15) is 0 Å². The third kappa shape index (κ3) is 11.2. The van der Waals surface area contributed by atoms with Crippen LogP contribution < -0.4 is 0 Å². The number of phosphoric acid groups is 1. The molecular formula is C8H19NaO4P. The van der Waals surface area contributed by atoms with Crippen molar-refractivity contribution < 1.29 is 18.5 Å². The van der Waals surface area contributed by atoms with Crippen molar-refractivity contribution in [2.75, 3.05) is 0 Å². The molecule has 0 spiro atoms. The van der Waals surface area contributed by atoms with Gasteiger partial charge in [0.1, 0.15) is 0 Å². The van der Waals surface area contributed by atoms with E-state index in [1.165, 1.54) is 0 Å². The fourth-order valence-corrected chi connectivity index (χ4v) is 2.13. The first-order chi connectivity index (χ1) is 5.41. The van der Waals surface area contributed by atoms with Gasteiger partial charge in [-0.05, 0) is 41.5 Å². The van der Waals surface area contributed by atoms with E-state index in [9.17, 15) is 9.46 Å². The molecule has 4 nitrogen and oxygen atoms in total. The van der Waals surface area contributed by atoms with Gasteiger partial charge in [-0.25, -0.2) is 4.57 Å². The van der Waals surface area contributed by atoms with E-state index >= 15 is 0 Å². The number of rotatable bonds is 2. The van der Waals surface area contributed by atoms with E-state index in [1.54, 1.807) is 41.5 Å². The Balaban J connectivity index is 0. The van der Waals surface area contributed by atoms with E-state index < -0.39 is 19.0 Å². The molecule has 0 atom stereocenters. The van der Waals surface area contributed by atoms with Crippen LogP contribution in [0.2, 0.25) is 0 Å². The summed E-state index contributed by atoms with van der Waals surface area (Å²) in [4.78, 5) is 9.30. The first-order valence-corrected chi connectivity index (χ1v) is 5.65. The normalized spacial score (nSPS) is 13.6. The maximum absolute atomic E-state index is 11.4. The molecule has 1 N–H and O–H groups in total. The summed E-state index contributed by atoms with van der Waals surface area (Å²) in [5, 5.41) is 0. The molecule has 6 heteroatoms. The van der Waals surface area contributed by atoms with Gasteiger partial charge in [-0.3, -0.25) is 9.05 Å². The summed E-state index contributed by atoms with van der Waals surface area (Å²) in [6.45, 7) is 10.2. The van der Waals surface area contributed by atoms with Gasteiger partial charge in [-0.15, -0.1) is 0 Å². The molecule has 0 aliphatic carbocycles. The van der Waals surface area contributed by atoms with Crippen LogP contribution in [0, 0.1) is 0 Å². The molecule has 0 fully saturated rings. The Morgan fingerprint density at radius 2 is 1.14 bits per heavy atom. The SMILES string of the molecule is CC(C)(C)OP(=O)(O)OC(C)(C)C.[Na]. The summed E-state index contributed by atoms with van der Waals surface area (Å²) >= 11 is 0. The Morgan fingerprint density at radius 1 is 0.929 bits per heavy atom. The molecule has 14 heavy (non-hydrogen) atoms. The predicted octanol–water partition coefficient (Wildman–Crippen LogP) is 2.34. The number of hydrogen-bond donors (Lipinski definition) is 1. The zero-order chi connectivity index (χ0) is 10.9. The molecule has 81 valence electrons. The van der Waals surface area contributed by atoms with Crippen molar-refractivity contribution in [1.82, 2.24) is 0 Å². The van der Waals surface area contributed by atoms with Crippen molar-refractivity contribution >= 4 is 37.4 Å². The van der Waals surface area contributed by atoms with Gasteiger partial charge in [0.15, 0.2) is 0 Å². The molecule has 0 heterocycles. The summed E-state index contributed by atoms with van der Waals surface area (Å²) in [5.41, 5.74) is -1.37. The molecule has 0 aromatic heterocycles. The van der Waals surface area contributed by atoms with E-state index in [2.05, 4.69) is 0 Å². The van der Waals surface area contributed by atoms with E-state index in [1.807, 2.05) is 0 Å². The van der Waals surface area contributed by atoms with Crippen LogP contribution >= 0.6 is 7.82 Å². The van der Waals surface area contributed by atoms with Crippen molar-refractivity contribution in [3.05, 3.63) is 0 Å². The van der Waals surface area contributed by atoms with Crippen LogP contribution in [0.15, 0.2) is 0 Å². The Morgan fingerprint density at radius 3 is 1.29 bits per heavy atom. The monoisotopic (exact) mass is 233 g/mol. The summed E-state index contributed by atoms with van der Waals surface area (Å²) in [6.07, 6.45) is 0. The summed E-state index contributed by atoms with van der Waals surface area (Å²) in [6, 6.07) is 0. The Kier molecular flexibility index (Phi) is 6.80. The molecule has 0 aromatic rings. The van der Waals surface area contributed by atoms with Gasteiger partial charge in [0.25, 0.3) is 0 Å². The molecule has 0 aromatic carbocycles. The van der Waals surface area contributed by atoms with Crippen LogP contribution in [0.3, 0.4) is 0 Å². The van der Waals surface area contributed by atoms with Crippen molar-refractivity contribution in [1.29, 1.82) is 0 Å². The molecule has 0 aliphatic rings. The van der Waals surface area contributed by atoms with Gasteiger partial charge in [-0.1, -0.05) is 0 Å². The van der Waals surface area contributed by atoms with Crippen molar-refractivity contribution in [3.63, 3.8) is 0 Å². The summed E-state index contributed by atoms with van der Waals surface area (Å²) in [5.74, 6) is 0. The fraction of sp³-hybridized carbons (Fsp3) is 1.00. The molecule has 0 bridgehead atoms. The number of hydrogen-bond acceptors (Lipinski definition) is 3. The van der Waals surface area contributed by atoms with E-state index in [0.717, 1.165) is 0 Å². The summed E-state index contributed by atoms with van der Waals surface area (Å²) in [7, 11) is -3.94. The zero-order valence-electron chi connectivity index (χ0n) is 10.1. The van der Waals surface area contributed by atoms with E-state index in [0.29, 0.717) is 0 Å². The Labute approximate surface area is 108 Å². The second-order valence-electron chi connectivity index (χ2n) is 4.88. The molecule has 0 aliphatic heterocycles. The molecule has 0 rings (SSSR count). The molecule has 0 saturated heterocycles. The second-order valence-corrected chi connectivity index (χ2v) is 6.18. The minimum atomic E-state index is -3.94. The molecule has 1 radical (unpaired) electrons. The van der Waals surface area contributed by atoms with Crippen molar-refractivity contribution in [2.24, 2.45) is 0 Å². The fourth-order valence-electron chi connectivity index (χ4n) is 0.711. The van der Waals surface area contributed by atoms with Gasteiger partial charge >= 0.3 is 7.82 Å². The van der Waals surface area contributed by atoms with Crippen molar-refractivity contribution in [2.45, 2.75) is 52.7 Å². The van der Waals surface area contributed by atoms with Crippen molar-refractivity contribution in [3.8, 4) is 0 Å². The zero-order valence-corrected chi connectivity index (χ0v) is 13.0. The molecular weight excluding hydrogens is 214 g/mol. The topological polar surface area (TPSA) is 55.8 Å². The third-order valence-electron chi connectivity index (χ3n) is 0.778. The van der Waals surface area contributed by atoms with Crippen LogP contribution in [0.5, 0.6) is 0 Å². The van der Waals surface area contributed by atoms with Crippen LogP contribution in [-0.4, -0.2) is 45.7 Å². The van der Waals surface area contributed by atoms with Crippen LogP contribution in [0.1, 0.15) is 41.5 Å². The largest absolute Gasteiger partial charge is 0.473 e. The first kappa shape index (κ1) is 17.5. The first-order valence-electron chi connectivity index (χ1n) is 4.16. The Hall–Kier alpha value is 1.11. The molecule has 0 saturated carbocycles. The standard InChI is InChI=1S/C8H19O4P.Na/c1-7(2,3)11-13(9,10)12-8(4,5)6;/h1-6H3,(H,9,10);. The maximum Gasteiger partial charge on any atom is 0.473 e. The predicted molar refractivity (Wildman–Crippen MR) is 57.3 cm³/mol. The third-order valence-corrected chi connectivity index (χ3v) is 2.34. The molecule has 0 amide bonds. The minimum absolute atomic E-state index is 0. The summed E-state index contributed by atoms with van der Waals surface area (Å²) < 4.78 is 21.1. The van der Waals surface area contributed by atoms with Gasteiger partial charge in [0.05, 0.1) is 11.2 Å². The smallest absolute Gasteiger partial charge is 0.302 e. The molecule has 0 unspecified atom stereocenters. The minimum Gasteiger partial charge on any atom is -0.302 e. The number of phosphoric ester groups is 1. The van der Waals surface area contributed by atoms with Gasteiger partial charge in [0.2, 0.25) is 0 Å². The average Bonchev–Trinajstić information content (AvgIpc) is 1.43. The quantitative estimate of drug-likeness (QED) is 0.587. The average molecular weight is 233 g/mol. The Bertz CT molecular complexity index is 196. The van der Waals surface area contributed by atoms with Crippen LogP contribution in [0.25, 0.3) is 0 Å². The maximum atomic E-state index is 11.4. The van der Waals surface area contributed by atoms with Crippen LogP contribution in [-0.2, 0) is 13.6 Å². The van der Waals surface area contributed by atoms with E-state index in [4.69, 9.17) is 9.05 Å². The van der Waals surface area contributed by atoms with Crippen LogP contribution in [0.4, 0.5) is 0 Å². The van der Waals surface area contributed by atoms with E-state index in [-0.39, 0.29) is 29.6 Å². The second kappa shape index (κ2) is 5.44. The van der Waals surface area contributed by atoms with Gasteiger partial charge in [0, 0.05) is 29.6 Å². The van der Waals surface area contributed by atoms with Gasteiger partial charge < -0.3 is 4.89 Å².